The van der Waals surface area contributed by atoms with Gasteiger partial charge >= 0.3 is 11.8 Å². The van der Waals surface area contributed by atoms with Crippen LogP contribution in [0.15, 0.2) is 49.1 Å². The van der Waals surface area contributed by atoms with Crippen molar-refractivity contribution in [3.05, 3.63) is 65.3 Å². The van der Waals surface area contributed by atoms with Gasteiger partial charge in [0.05, 0.1) is 6.61 Å². The third-order valence-corrected chi connectivity index (χ3v) is 5.39. The quantitative estimate of drug-likeness (QED) is 0.332. The highest BCUT2D eigenvalue weighted by Gasteiger charge is 2.17. The number of nitrogens with one attached hydrogen (secondary N) is 3. The number of anilines is 2. The summed E-state index contributed by atoms with van der Waals surface area (Å²) in [6, 6.07) is 9.98. The third kappa shape index (κ3) is 9.38. The van der Waals surface area contributed by atoms with Gasteiger partial charge in [0.1, 0.15) is 11.6 Å². The van der Waals surface area contributed by atoms with Crippen molar-refractivity contribution in [2.45, 2.75) is 41.0 Å². The smallest absolute Gasteiger partial charge is 0.313 e. The highest BCUT2D eigenvalue weighted by Crippen LogP contribution is 2.16. The Kier molecular flexibility index (Phi) is 10.9. The molecule has 0 radical (unpaired) electrons. The Hall–Kier alpha value is -3.65. The molecule has 0 aromatic heterocycles. The minimum atomic E-state index is -0.737. The van der Waals surface area contributed by atoms with Crippen LogP contribution in [0, 0.1) is 11.2 Å². The summed E-state index contributed by atoms with van der Waals surface area (Å²) in [6.07, 6.45) is 2.37. The first-order valence-electron chi connectivity index (χ1n) is 12.2. The molecule has 2 amide bonds. The number of ether oxygens (including phenoxy) is 2. The molecule has 8 heteroatoms. The van der Waals surface area contributed by atoms with Gasteiger partial charge in [-0.2, -0.15) is 0 Å². The van der Waals surface area contributed by atoms with Crippen LogP contribution in [-0.4, -0.2) is 38.7 Å². The van der Waals surface area contributed by atoms with E-state index in [1.807, 2.05) is 27.7 Å². The lowest BCUT2D eigenvalue weighted by Gasteiger charge is -2.18. The molecule has 2 aromatic rings. The molecular weight excluding hydrogens is 473 g/mol. The highest BCUT2D eigenvalue weighted by molar-refractivity contribution is 6.39. The molecule has 0 bridgehead atoms. The lowest BCUT2D eigenvalue weighted by atomic mass is 9.97. The predicted octanol–water partition coefficient (Wildman–Crippen LogP) is 3.94. The second kappa shape index (κ2) is 13.6. The van der Waals surface area contributed by atoms with E-state index in [0.29, 0.717) is 59.4 Å². The summed E-state index contributed by atoms with van der Waals surface area (Å²) in [7, 11) is 1.62. The molecule has 7 nitrogen and oxygen atoms in total. The molecule has 0 saturated carbocycles. The van der Waals surface area contributed by atoms with Crippen LogP contribution in [0.3, 0.4) is 0 Å². The van der Waals surface area contributed by atoms with Crippen molar-refractivity contribution < 1.29 is 23.5 Å². The van der Waals surface area contributed by atoms with Crippen LogP contribution in [0.4, 0.5) is 15.8 Å². The maximum absolute atomic E-state index is 15.3. The Bertz CT molecular complexity index is 1230. The Morgan fingerprint density at radius 2 is 1.62 bits per heavy atom. The van der Waals surface area contributed by atoms with Crippen molar-refractivity contribution in [3.8, 4) is 5.75 Å². The number of hydrogen-bond acceptors (Lipinski definition) is 5. The SMILES string of the molecule is C=C/C(C)=c1/cc(OCCCOC)cc(F)/c1=C(/C)Nc1ccc(NC(=O)C(=O)NCC(C)(C)C)cc1. The zero-order chi connectivity index (χ0) is 27.6. The van der Waals surface area contributed by atoms with Gasteiger partial charge in [0.15, 0.2) is 0 Å². The van der Waals surface area contributed by atoms with Crippen LogP contribution in [0.25, 0.3) is 11.3 Å². The van der Waals surface area contributed by atoms with Gasteiger partial charge in [-0.05, 0) is 60.4 Å². The van der Waals surface area contributed by atoms with Gasteiger partial charge in [-0.3, -0.25) is 9.59 Å². The van der Waals surface area contributed by atoms with E-state index in [1.165, 1.54) is 6.07 Å². The number of methoxy groups -OCH3 is 1. The Morgan fingerprint density at radius 3 is 2.19 bits per heavy atom. The van der Waals surface area contributed by atoms with E-state index in [0.717, 1.165) is 5.57 Å². The molecule has 0 aliphatic carbocycles. The summed E-state index contributed by atoms with van der Waals surface area (Å²) in [6.45, 7) is 14.7. The zero-order valence-corrected chi connectivity index (χ0v) is 22.6. The van der Waals surface area contributed by atoms with Gasteiger partial charge in [0, 0.05) is 55.0 Å². The molecule has 0 atom stereocenters. The number of carbonyl (C=O) groups is 2. The second-order valence-corrected chi connectivity index (χ2v) is 9.93. The predicted molar refractivity (Wildman–Crippen MR) is 147 cm³/mol. The van der Waals surface area contributed by atoms with Crippen molar-refractivity contribution >= 4 is 34.5 Å². The number of benzene rings is 2. The number of carbonyl (C=O) groups excluding carboxylic acids is 2. The largest absolute Gasteiger partial charge is 0.493 e. The van der Waals surface area contributed by atoms with Gasteiger partial charge < -0.3 is 25.4 Å². The van der Waals surface area contributed by atoms with Crippen LogP contribution in [0.2, 0.25) is 0 Å². The fourth-order valence-corrected chi connectivity index (χ4v) is 3.39. The topological polar surface area (TPSA) is 88.7 Å². The van der Waals surface area contributed by atoms with Crippen LogP contribution >= 0.6 is 0 Å². The highest BCUT2D eigenvalue weighted by atomic mass is 19.1. The van der Waals surface area contributed by atoms with Gasteiger partial charge in [-0.1, -0.05) is 33.4 Å². The lowest BCUT2D eigenvalue weighted by molar-refractivity contribution is -0.136. The number of halogens is 1. The number of allylic oxidation sites excluding steroid dienone is 1. The molecule has 2 rings (SSSR count). The van der Waals surface area contributed by atoms with E-state index in [1.54, 1.807) is 50.4 Å². The van der Waals surface area contributed by atoms with Crippen molar-refractivity contribution in [2.75, 3.05) is 37.5 Å². The average Bonchev–Trinajstić information content (AvgIpc) is 2.84. The monoisotopic (exact) mass is 511 g/mol. The molecule has 2 aromatic carbocycles. The standard InChI is InChI=1S/C29H38FN3O4/c1-8-19(2)24-16-23(37-15-9-14-36-7)17-25(30)26(24)20(3)32-21-10-12-22(13-11-21)33-28(35)27(34)31-18-29(4,5)6/h8,10-13,16-17,32H,1,9,14-15,18H2,2-7H3,(H,31,34)(H,33,35)/b24-19-,26-20-. The average molecular weight is 512 g/mol. The van der Waals surface area contributed by atoms with Gasteiger partial charge in [0.25, 0.3) is 0 Å². The molecule has 3 N–H and O–H groups in total. The molecule has 37 heavy (non-hydrogen) atoms. The molecular formula is C29H38FN3O4. The van der Waals surface area contributed by atoms with E-state index in [-0.39, 0.29) is 5.41 Å². The molecule has 0 aliphatic heterocycles. The number of amides is 2. The fourth-order valence-electron chi connectivity index (χ4n) is 3.39. The molecule has 0 fully saturated rings. The van der Waals surface area contributed by atoms with E-state index in [9.17, 15) is 9.59 Å². The first-order chi connectivity index (χ1) is 17.4. The summed E-state index contributed by atoms with van der Waals surface area (Å²) >= 11 is 0. The summed E-state index contributed by atoms with van der Waals surface area (Å²) in [4.78, 5) is 24.2. The number of rotatable bonds is 10. The normalized spacial score (nSPS) is 12.8. The van der Waals surface area contributed by atoms with Crippen LogP contribution in [0.5, 0.6) is 5.75 Å². The second-order valence-electron chi connectivity index (χ2n) is 9.93. The maximum atomic E-state index is 15.3. The summed E-state index contributed by atoms with van der Waals surface area (Å²) in [5.74, 6) is -1.41. The summed E-state index contributed by atoms with van der Waals surface area (Å²) < 4.78 is 26.0. The Labute approximate surface area is 218 Å². The van der Waals surface area contributed by atoms with Gasteiger partial charge in [-0.25, -0.2) is 4.39 Å². The molecule has 0 spiro atoms. The Morgan fingerprint density at radius 1 is 1.00 bits per heavy atom. The first-order valence-corrected chi connectivity index (χ1v) is 12.2. The molecule has 0 aliphatic rings. The van der Waals surface area contributed by atoms with Crippen molar-refractivity contribution in [1.82, 2.24) is 5.32 Å². The first kappa shape index (κ1) is 29.6. The van der Waals surface area contributed by atoms with Gasteiger partial charge in [-0.15, -0.1) is 0 Å². The number of hydrogen-bond donors (Lipinski definition) is 3. The Balaban J connectivity index is 2.23. The molecule has 0 unspecified atom stereocenters. The zero-order valence-electron chi connectivity index (χ0n) is 22.6. The lowest BCUT2D eigenvalue weighted by Crippen LogP contribution is -2.39. The van der Waals surface area contributed by atoms with Crippen LogP contribution in [0.1, 0.15) is 41.0 Å². The van der Waals surface area contributed by atoms with Crippen LogP contribution in [-0.2, 0) is 14.3 Å². The van der Waals surface area contributed by atoms with Crippen molar-refractivity contribution in [1.29, 1.82) is 0 Å². The minimum Gasteiger partial charge on any atom is -0.493 e. The summed E-state index contributed by atoms with van der Waals surface area (Å²) in [5, 5.41) is 9.50. The fraction of sp³-hybridized carbons (Fsp3) is 0.379. The molecule has 200 valence electrons. The van der Waals surface area contributed by atoms with Gasteiger partial charge in [0.2, 0.25) is 0 Å². The molecule has 0 heterocycles. The summed E-state index contributed by atoms with van der Waals surface area (Å²) in [5.41, 5.74) is 2.43. The van der Waals surface area contributed by atoms with E-state index in [4.69, 9.17) is 9.47 Å². The molecule has 0 saturated heterocycles. The van der Waals surface area contributed by atoms with E-state index in [2.05, 4.69) is 22.5 Å². The minimum absolute atomic E-state index is 0.129. The van der Waals surface area contributed by atoms with Crippen molar-refractivity contribution in [2.24, 2.45) is 5.41 Å². The van der Waals surface area contributed by atoms with Crippen LogP contribution < -0.4 is 31.1 Å². The van der Waals surface area contributed by atoms with E-state index >= 15 is 4.39 Å². The van der Waals surface area contributed by atoms with E-state index < -0.39 is 17.6 Å². The third-order valence-electron chi connectivity index (χ3n) is 5.39. The van der Waals surface area contributed by atoms with Crippen molar-refractivity contribution in [3.63, 3.8) is 0 Å². The maximum Gasteiger partial charge on any atom is 0.313 e.